The van der Waals surface area contributed by atoms with Crippen LogP contribution in [0.2, 0.25) is 5.02 Å². The van der Waals surface area contributed by atoms with E-state index in [1.807, 2.05) is 0 Å². The minimum atomic E-state index is -3.47. The first kappa shape index (κ1) is 15.6. The van der Waals surface area contributed by atoms with Crippen LogP contribution in [-0.2, 0) is 10.0 Å². The number of benzene rings is 1. The molecule has 0 aromatic heterocycles. The molecule has 1 aromatic carbocycles. The van der Waals surface area contributed by atoms with E-state index in [2.05, 4.69) is 11.8 Å². The van der Waals surface area contributed by atoms with Crippen LogP contribution in [-0.4, -0.2) is 50.3 Å². The van der Waals surface area contributed by atoms with Crippen molar-refractivity contribution in [1.82, 2.24) is 9.21 Å². The van der Waals surface area contributed by atoms with Gasteiger partial charge in [-0.05, 0) is 31.2 Å². The lowest BCUT2D eigenvalue weighted by molar-refractivity contribution is 0.188. The molecule has 0 unspecified atom stereocenters. The van der Waals surface area contributed by atoms with Gasteiger partial charge in [-0.2, -0.15) is 4.31 Å². The number of hydrogen-bond donors (Lipinski definition) is 1. The van der Waals surface area contributed by atoms with Crippen LogP contribution in [0.3, 0.4) is 0 Å². The fourth-order valence-electron chi connectivity index (χ4n) is 2.33. The molecule has 0 spiro atoms. The van der Waals surface area contributed by atoms with Crippen molar-refractivity contribution >= 4 is 27.3 Å². The number of sulfonamides is 1. The van der Waals surface area contributed by atoms with Crippen molar-refractivity contribution in [1.29, 1.82) is 0 Å². The normalized spacial score (nSPS) is 18.3. The van der Waals surface area contributed by atoms with Crippen LogP contribution < -0.4 is 5.73 Å². The lowest BCUT2D eigenvalue weighted by Crippen LogP contribution is -2.48. The molecule has 1 fully saturated rings. The zero-order valence-electron chi connectivity index (χ0n) is 11.5. The second kappa shape index (κ2) is 6.30. The Balaban J connectivity index is 2.13. The van der Waals surface area contributed by atoms with Gasteiger partial charge in [-0.25, -0.2) is 8.42 Å². The van der Waals surface area contributed by atoms with Gasteiger partial charge < -0.3 is 10.6 Å². The summed E-state index contributed by atoms with van der Waals surface area (Å²) in [6, 6.07) is 4.46. The second-order valence-electron chi connectivity index (χ2n) is 4.93. The smallest absolute Gasteiger partial charge is 0.243 e. The molecule has 2 N–H and O–H groups in total. The fraction of sp³-hybridized carbons (Fsp3) is 0.538. The Hall–Kier alpha value is -0.820. The minimum absolute atomic E-state index is 0.209. The molecule has 20 heavy (non-hydrogen) atoms. The third-order valence-corrected chi connectivity index (χ3v) is 5.70. The lowest BCUT2D eigenvalue weighted by Gasteiger charge is -2.33. The summed E-state index contributed by atoms with van der Waals surface area (Å²) < 4.78 is 26.6. The third-order valence-electron chi connectivity index (χ3n) is 3.48. The Kier molecular flexibility index (Phi) is 4.90. The molecule has 5 nitrogen and oxygen atoms in total. The number of nitrogen functional groups attached to an aromatic ring is 1. The van der Waals surface area contributed by atoms with Gasteiger partial charge >= 0.3 is 0 Å². The SMILES string of the molecule is CCCN1CCN(S(=O)(=O)c2ccc(N)c(Cl)c2)CC1. The van der Waals surface area contributed by atoms with Crippen LogP contribution in [0.15, 0.2) is 23.1 Å². The summed E-state index contributed by atoms with van der Waals surface area (Å²) in [7, 11) is -3.47. The largest absolute Gasteiger partial charge is 0.398 e. The Morgan fingerprint density at radius 2 is 1.90 bits per heavy atom. The van der Waals surface area contributed by atoms with E-state index < -0.39 is 10.0 Å². The van der Waals surface area contributed by atoms with Gasteiger partial charge in [0.15, 0.2) is 0 Å². The van der Waals surface area contributed by atoms with Crippen LogP contribution in [0.4, 0.5) is 5.69 Å². The first-order valence-corrected chi connectivity index (χ1v) is 8.54. The first-order valence-electron chi connectivity index (χ1n) is 6.72. The van der Waals surface area contributed by atoms with Gasteiger partial charge in [0.2, 0.25) is 10.0 Å². The summed E-state index contributed by atoms with van der Waals surface area (Å²) in [5.41, 5.74) is 6.00. The fourth-order valence-corrected chi connectivity index (χ4v) is 4.02. The second-order valence-corrected chi connectivity index (χ2v) is 7.27. The monoisotopic (exact) mass is 317 g/mol. The average molecular weight is 318 g/mol. The van der Waals surface area contributed by atoms with E-state index >= 15 is 0 Å². The Bertz CT molecular complexity index is 569. The summed E-state index contributed by atoms with van der Waals surface area (Å²) in [5, 5.41) is 0.274. The zero-order valence-corrected chi connectivity index (χ0v) is 13.1. The standard InChI is InChI=1S/C13H20ClN3O2S/c1-2-5-16-6-8-17(9-7-16)20(18,19)11-3-4-13(15)12(14)10-11/h3-4,10H,2,5-9,15H2,1H3. The molecule has 0 aliphatic carbocycles. The molecular formula is C13H20ClN3O2S. The van der Waals surface area contributed by atoms with E-state index in [9.17, 15) is 8.42 Å². The number of hydrogen-bond acceptors (Lipinski definition) is 4. The number of rotatable bonds is 4. The quantitative estimate of drug-likeness (QED) is 0.857. The molecule has 7 heteroatoms. The van der Waals surface area contributed by atoms with Crippen LogP contribution in [0.1, 0.15) is 13.3 Å². The van der Waals surface area contributed by atoms with Gasteiger partial charge in [0, 0.05) is 26.2 Å². The van der Waals surface area contributed by atoms with Crippen molar-refractivity contribution in [3.05, 3.63) is 23.2 Å². The summed E-state index contributed by atoms with van der Waals surface area (Å²) in [4.78, 5) is 2.49. The molecule has 0 radical (unpaired) electrons. The van der Waals surface area contributed by atoms with Crippen LogP contribution in [0.25, 0.3) is 0 Å². The van der Waals surface area contributed by atoms with Crippen molar-refractivity contribution in [2.45, 2.75) is 18.2 Å². The molecule has 1 saturated heterocycles. The molecule has 1 aliphatic heterocycles. The first-order chi connectivity index (χ1) is 9.45. The van der Waals surface area contributed by atoms with Crippen LogP contribution in [0.5, 0.6) is 0 Å². The van der Waals surface area contributed by atoms with Crippen molar-refractivity contribution in [2.75, 3.05) is 38.5 Å². The summed E-state index contributed by atoms with van der Waals surface area (Å²) in [5.74, 6) is 0. The molecule has 1 heterocycles. The maximum absolute atomic E-state index is 12.5. The number of nitrogens with zero attached hydrogens (tertiary/aromatic N) is 2. The van der Waals surface area contributed by atoms with Crippen LogP contribution >= 0.6 is 11.6 Å². The molecule has 1 aliphatic rings. The predicted molar refractivity (Wildman–Crippen MR) is 81.4 cm³/mol. The van der Waals surface area contributed by atoms with E-state index in [0.29, 0.717) is 18.8 Å². The molecule has 2 rings (SSSR count). The van der Waals surface area contributed by atoms with E-state index in [1.54, 1.807) is 0 Å². The number of nitrogens with two attached hydrogens (primary N) is 1. The topological polar surface area (TPSA) is 66.6 Å². The van der Waals surface area contributed by atoms with Gasteiger partial charge in [0.1, 0.15) is 0 Å². The Labute approximate surface area is 125 Å². The van der Waals surface area contributed by atoms with E-state index in [0.717, 1.165) is 26.1 Å². The highest BCUT2D eigenvalue weighted by Gasteiger charge is 2.28. The lowest BCUT2D eigenvalue weighted by atomic mass is 10.3. The van der Waals surface area contributed by atoms with Crippen molar-refractivity contribution in [3.8, 4) is 0 Å². The summed E-state index contributed by atoms with van der Waals surface area (Å²) >= 11 is 5.91. The highest BCUT2D eigenvalue weighted by molar-refractivity contribution is 7.89. The highest BCUT2D eigenvalue weighted by atomic mass is 35.5. The van der Waals surface area contributed by atoms with Crippen LogP contribution in [0, 0.1) is 0 Å². The van der Waals surface area contributed by atoms with Crippen molar-refractivity contribution in [2.24, 2.45) is 0 Å². The third kappa shape index (κ3) is 3.25. The number of halogens is 1. The van der Waals surface area contributed by atoms with E-state index in [1.165, 1.54) is 22.5 Å². The van der Waals surface area contributed by atoms with Gasteiger partial charge in [-0.3, -0.25) is 0 Å². The number of anilines is 1. The van der Waals surface area contributed by atoms with Gasteiger partial charge in [0.05, 0.1) is 15.6 Å². The van der Waals surface area contributed by atoms with Crippen molar-refractivity contribution < 1.29 is 8.42 Å². The highest BCUT2D eigenvalue weighted by Crippen LogP contribution is 2.25. The predicted octanol–water partition coefficient (Wildman–Crippen LogP) is 1.64. The van der Waals surface area contributed by atoms with Crippen molar-refractivity contribution in [3.63, 3.8) is 0 Å². The molecule has 0 saturated carbocycles. The Morgan fingerprint density at radius 3 is 2.45 bits per heavy atom. The summed E-state index contributed by atoms with van der Waals surface area (Å²) in [6.45, 7) is 5.72. The molecule has 0 amide bonds. The Morgan fingerprint density at radius 1 is 1.25 bits per heavy atom. The van der Waals surface area contributed by atoms with E-state index in [4.69, 9.17) is 17.3 Å². The molecule has 1 aromatic rings. The van der Waals surface area contributed by atoms with Gasteiger partial charge in [-0.1, -0.05) is 18.5 Å². The number of piperazine rings is 1. The van der Waals surface area contributed by atoms with Gasteiger partial charge in [0.25, 0.3) is 0 Å². The summed E-state index contributed by atoms with van der Waals surface area (Å²) in [6.07, 6.45) is 1.08. The molecule has 112 valence electrons. The van der Waals surface area contributed by atoms with E-state index in [-0.39, 0.29) is 9.92 Å². The zero-order chi connectivity index (χ0) is 14.8. The maximum Gasteiger partial charge on any atom is 0.243 e. The minimum Gasteiger partial charge on any atom is -0.398 e. The molecule has 0 bridgehead atoms. The van der Waals surface area contributed by atoms with Gasteiger partial charge in [-0.15, -0.1) is 0 Å². The average Bonchev–Trinajstić information content (AvgIpc) is 2.43. The molecule has 0 atom stereocenters. The maximum atomic E-state index is 12.5. The molecular weight excluding hydrogens is 298 g/mol.